The van der Waals surface area contributed by atoms with Crippen LogP contribution in [0.4, 0.5) is 25.8 Å². The highest BCUT2D eigenvalue weighted by molar-refractivity contribution is 5.97. The van der Waals surface area contributed by atoms with E-state index in [9.17, 15) is 18.4 Å². The van der Waals surface area contributed by atoms with Crippen molar-refractivity contribution in [3.63, 3.8) is 0 Å². The molecular formula is C20H21F2N3O2. The van der Waals surface area contributed by atoms with Crippen molar-refractivity contribution >= 4 is 28.9 Å². The van der Waals surface area contributed by atoms with E-state index in [1.807, 2.05) is 19.1 Å². The lowest BCUT2D eigenvalue weighted by Gasteiger charge is -2.20. The standard InChI is InChI=1S/C20H21F2N3O2/c1-12-10-15(6-8-18(12)25-9-3-4-19(25)26)23-13(2)20(27)24-17-7-5-14(21)11-16(17)22/h5-8,10-11,13,23H,3-4,9H2,1-2H3,(H,24,27)/t13-/m1/s1. The first-order chi connectivity index (χ1) is 12.8. The minimum atomic E-state index is -0.828. The maximum atomic E-state index is 13.7. The molecule has 2 amide bonds. The number of hydrogen-bond acceptors (Lipinski definition) is 3. The van der Waals surface area contributed by atoms with Crippen LogP contribution >= 0.6 is 0 Å². The maximum absolute atomic E-state index is 13.7. The van der Waals surface area contributed by atoms with Crippen LogP contribution < -0.4 is 15.5 Å². The van der Waals surface area contributed by atoms with Crippen LogP contribution in [0, 0.1) is 18.6 Å². The summed E-state index contributed by atoms with van der Waals surface area (Å²) in [7, 11) is 0. The number of aryl methyl sites for hydroxylation is 1. The van der Waals surface area contributed by atoms with Crippen LogP contribution in [0.5, 0.6) is 0 Å². The topological polar surface area (TPSA) is 61.4 Å². The molecule has 2 N–H and O–H groups in total. The predicted molar refractivity (Wildman–Crippen MR) is 101 cm³/mol. The molecule has 0 radical (unpaired) electrons. The molecule has 1 aliphatic rings. The summed E-state index contributed by atoms with van der Waals surface area (Å²) < 4.78 is 26.6. The largest absolute Gasteiger partial charge is 0.374 e. The lowest BCUT2D eigenvalue weighted by Crippen LogP contribution is -2.32. The second kappa shape index (κ2) is 7.73. The molecule has 1 heterocycles. The van der Waals surface area contributed by atoms with Crippen LogP contribution in [0.1, 0.15) is 25.3 Å². The molecule has 0 bridgehead atoms. The van der Waals surface area contributed by atoms with Gasteiger partial charge in [-0.15, -0.1) is 0 Å². The Kier molecular flexibility index (Phi) is 5.39. The van der Waals surface area contributed by atoms with E-state index < -0.39 is 23.6 Å². The summed E-state index contributed by atoms with van der Waals surface area (Å²) in [6.07, 6.45) is 1.42. The fraction of sp³-hybridized carbons (Fsp3) is 0.300. The predicted octanol–water partition coefficient (Wildman–Crippen LogP) is 3.84. The highest BCUT2D eigenvalue weighted by Gasteiger charge is 2.23. The molecule has 0 aromatic heterocycles. The van der Waals surface area contributed by atoms with E-state index in [1.54, 1.807) is 17.9 Å². The van der Waals surface area contributed by atoms with Gasteiger partial charge in [-0.05, 0) is 56.2 Å². The zero-order chi connectivity index (χ0) is 19.6. The third-order valence-electron chi connectivity index (χ3n) is 4.53. The summed E-state index contributed by atoms with van der Waals surface area (Å²) in [5, 5.41) is 5.49. The smallest absolute Gasteiger partial charge is 0.246 e. The number of rotatable bonds is 5. The molecule has 1 fully saturated rings. The van der Waals surface area contributed by atoms with Crippen LogP contribution in [0.25, 0.3) is 0 Å². The molecular weight excluding hydrogens is 352 g/mol. The Bertz CT molecular complexity index is 886. The minimum absolute atomic E-state index is 0.0749. The van der Waals surface area contributed by atoms with Crippen molar-refractivity contribution in [2.75, 3.05) is 22.1 Å². The lowest BCUT2D eigenvalue weighted by molar-refractivity contribution is -0.117. The van der Waals surface area contributed by atoms with E-state index in [-0.39, 0.29) is 11.6 Å². The van der Waals surface area contributed by atoms with E-state index in [0.29, 0.717) is 18.7 Å². The molecule has 0 aliphatic carbocycles. The molecule has 5 nitrogen and oxygen atoms in total. The van der Waals surface area contributed by atoms with Crippen LogP contribution in [-0.2, 0) is 9.59 Å². The zero-order valence-electron chi connectivity index (χ0n) is 15.2. The first-order valence-electron chi connectivity index (χ1n) is 8.78. The highest BCUT2D eigenvalue weighted by atomic mass is 19.1. The third kappa shape index (κ3) is 4.24. The number of nitrogens with one attached hydrogen (secondary N) is 2. The van der Waals surface area contributed by atoms with Gasteiger partial charge < -0.3 is 15.5 Å². The Morgan fingerprint density at radius 2 is 1.96 bits per heavy atom. The molecule has 2 aromatic carbocycles. The first kappa shape index (κ1) is 18.8. The van der Waals surface area contributed by atoms with Crippen LogP contribution in [0.2, 0.25) is 0 Å². The molecule has 1 aliphatic heterocycles. The summed E-state index contributed by atoms with van der Waals surface area (Å²) in [5.74, 6) is -1.86. The Balaban J connectivity index is 1.66. The lowest BCUT2D eigenvalue weighted by atomic mass is 10.1. The number of halogens is 2. The normalized spacial score (nSPS) is 15.0. The van der Waals surface area contributed by atoms with E-state index in [1.165, 1.54) is 6.07 Å². The maximum Gasteiger partial charge on any atom is 0.246 e. The molecule has 7 heteroatoms. The van der Waals surface area contributed by atoms with Gasteiger partial charge in [0.05, 0.1) is 5.69 Å². The zero-order valence-corrected chi connectivity index (χ0v) is 15.2. The molecule has 0 saturated carbocycles. The van der Waals surface area contributed by atoms with Gasteiger partial charge in [-0.2, -0.15) is 0 Å². The molecule has 1 saturated heterocycles. The molecule has 2 aromatic rings. The van der Waals surface area contributed by atoms with Crippen molar-refractivity contribution in [3.05, 3.63) is 53.6 Å². The summed E-state index contributed by atoms with van der Waals surface area (Å²) >= 11 is 0. The quantitative estimate of drug-likeness (QED) is 0.837. The third-order valence-corrected chi connectivity index (χ3v) is 4.53. The van der Waals surface area contributed by atoms with E-state index in [0.717, 1.165) is 29.8 Å². The Labute approximate surface area is 156 Å². The van der Waals surface area contributed by atoms with Crippen molar-refractivity contribution in [1.29, 1.82) is 0 Å². The number of benzene rings is 2. The van der Waals surface area contributed by atoms with E-state index in [4.69, 9.17) is 0 Å². The number of hydrogen-bond donors (Lipinski definition) is 2. The number of amides is 2. The number of nitrogens with zero attached hydrogens (tertiary/aromatic N) is 1. The van der Waals surface area contributed by atoms with Gasteiger partial charge in [0, 0.05) is 30.4 Å². The fourth-order valence-corrected chi connectivity index (χ4v) is 3.10. The average Bonchev–Trinajstić information content (AvgIpc) is 3.03. The summed E-state index contributed by atoms with van der Waals surface area (Å²) in [5.41, 5.74) is 2.43. The van der Waals surface area contributed by atoms with Crippen LogP contribution in [0.15, 0.2) is 36.4 Å². The van der Waals surface area contributed by atoms with Gasteiger partial charge in [-0.3, -0.25) is 9.59 Å². The van der Waals surface area contributed by atoms with Crippen LogP contribution in [0.3, 0.4) is 0 Å². The average molecular weight is 373 g/mol. The van der Waals surface area contributed by atoms with Gasteiger partial charge in [0.2, 0.25) is 11.8 Å². The van der Waals surface area contributed by atoms with Gasteiger partial charge >= 0.3 is 0 Å². The summed E-state index contributed by atoms with van der Waals surface area (Å²) in [6.45, 7) is 4.27. The van der Waals surface area contributed by atoms with Gasteiger partial charge in [0.1, 0.15) is 17.7 Å². The van der Waals surface area contributed by atoms with E-state index >= 15 is 0 Å². The SMILES string of the molecule is Cc1cc(N[C@H](C)C(=O)Nc2ccc(F)cc2F)ccc1N1CCCC1=O. The summed E-state index contributed by atoms with van der Waals surface area (Å²) in [6, 6.07) is 7.85. The molecule has 1 atom stereocenters. The van der Waals surface area contributed by atoms with Gasteiger partial charge in [-0.1, -0.05) is 0 Å². The monoisotopic (exact) mass is 373 g/mol. The van der Waals surface area contributed by atoms with Crippen molar-refractivity contribution in [1.82, 2.24) is 0 Å². The molecule has 0 spiro atoms. The van der Waals surface area contributed by atoms with Crippen molar-refractivity contribution in [3.8, 4) is 0 Å². The Morgan fingerprint density at radius 1 is 1.19 bits per heavy atom. The molecule has 27 heavy (non-hydrogen) atoms. The number of anilines is 3. The van der Waals surface area contributed by atoms with Crippen molar-refractivity contribution in [2.45, 2.75) is 32.7 Å². The minimum Gasteiger partial charge on any atom is -0.374 e. The van der Waals surface area contributed by atoms with Crippen LogP contribution in [-0.4, -0.2) is 24.4 Å². The first-order valence-corrected chi connectivity index (χ1v) is 8.78. The van der Waals surface area contributed by atoms with Gasteiger partial charge in [0.25, 0.3) is 0 Å². The van der Waals surface area contributed by atoms with Crippen molar-refractivity contribution in [2.24, 2.45) is 0 Å². The van der Waals surface area contributed by atoms with Crippen molar-refractivity contribution < 1.29 is 18.4 Å². The number of carbonyl (C=O) groups is 2. The van der Waals surface area contributed by atoms with E-state index in [2.05, 4.69) is 10.6 Å². The second-order valence-electron chi connectivity index (χ2n) is 6.63. The van der Waals surface area contributed by atoms with Gasteiger partial charge in [-0.25, -0.2) is 8.78 Å². The fourth-order valence-electron chi connectivity index (χ4n) is 3.10. The molecule has 142 valence electrons. The Morgan fingerprint density at radius 3 is 2.59 bits per heavy atom. The Hall–Kier alpha value is -2.96. The summed E-state index contributed by atoms with van der Waals surface area (Å²) in [4.78, 5) is 25.9. The second-order valence-corrected chi connectivity index (χ2v) is 6.63. The molecule has 0 unspecified atom stereocenters. The molecule has 3 rings (SSSR count). The number of carbonyl (C=O) groups excluding carboxylic acids is 2. The van der Waals surface area contributed by atoms with Gasteiger partial charge in [0.15, 0.2) is 0 Å². The highest BCUT2D eigenvalue weighted by Crippen LogP contribution is 2.27.